The minimum Gasteiger partial charge on any atom is -0.484 e. The van der Waals surface area contributed by atoms with E-state index in [9.17, 15) is 4.79 Å². The standard InChI is InChI=1S/C15H24N2O2.ClH/c1-4-15(16,5-2)11-17-14(18)10-19-13-8-6-7-12(3)9-13;/h6-9H,4-5,10-11,16H2,1-3H3,(H,17,18);1H. The molecule has 0 aliphatic heterocycles. The predicted octanol–water partition coefficient (Wildman–Crippen LogP) is 2.43. The van der Waals surface area contributed by atoms with Crippen LogP contribution >= 0.6 is 12.4 Å². The van der Waals surface area contributed by atoms with E-state index < -0.39 is 0 Å². The lowest BCUT2D eigenvalue weighted by Crippen LogP contribution is -2.50. The van der Waals surface area contributed by atoms with Gasteiger partial charge >= 0.3 is 0 Å². The van der Waals surface area contributed by atoms with Gasteiger partial charge in [0.05, 0.1) is 0 Å². The highest BCUT2D eigenvalue weighted by atomic mass is 35.5. The number of aryl methyl sites for hydroxylation is 1. The molecule has 0 saturated carbocycles. The first-order valence-electron chi connectivity index (χ1n) is 6.74. The van der Waals surface area contributed by atoms with Crippen molar-refractivity contribution in [2.24, 2.45) is 5.73 Å². The number of hydrogen-bond acceptors (Lipinski definition) is 3. The van der Waals surface area contributed by atoms with Crippen LogP contribution in [0.2, 0.25) is 0 Å². The SMILES string of the molecule is CCC(N)(CC)CNC(=O)COc1cccc(C)c1.Cl. The summed E-state index contributed by atoms with van der Waals surface area (Å²) in [5.41, 5.74) is 6.90. The first kappa shape index (κ1) is 18.7. The van der Waals surface area contributed by atoms with Crippen LogP contribution < -0.4 is 15.8 Å². The van der Waals surface area contributed by atoms with E-state index in [1.165, 1.54) is 0 Å². The van der Waals surface area contributed by atoms with Gasteiger partial charge in [-0.2, -0.15) is 0 Å². The van der Waals surface area contributed by atoms with Crippen LogP contribution in [0, 0.1) is 6.92 Å². The number of halogens is 1. The van der Waals surface area contributed by atoms with E-state index in [4.69, 9.17) is 10.5 Å². The van der Waals surface area contributed by atoms with E-state index >= 15 is 0 Å². The molecule has 0 aromatic heterocycles. The number of carbonyl (C=O) groups is 1. The van der Waals surface area contributed by atoms with Gasteiger partial charge in [0.25, 0.3) is 5.91 Å². The number of ether oxygens (including phenoxy) is 1. The highest BCUT2D eigenvalue weighted by Crippen LogP contribution is 2.12. The molecule has 0 heterocycles. The summed E-state index contributed by atoms with van der Waals surface area (Å²) < 4.78 is 5.43. The maximum atomic E-state index is 11.7. The molecule has 1 amide bonds. The maximum absolute atomic E-state index is 11.7. The third-order valence-electron chi connectivity index (χ3n) is 3.41. The predicted molar refractivity (Wildman–Crippen MR) is 84.4 cm³/mol. The number of carbonyl (C=O) groups excluding carboxylic acids is 1. The molecular formula is C15H25ClN2O2. The summed E-state index contributed by atoms with van der Waals surface area (Å²) >= 11 is 0. The van der Waals surface area contributed by atoms with E-state index in [2.05, 4.69) is 5.32 Å². The number of nitrogens with one attached hydrogen (secondary N) is 1. The van der Waals surface area contributed by atoms with E-state index in [1.54, 1.807) is 0 Å². The lowest BCUT2D eigenvalue weighted by molar-refractivity contribution is -0.123. The number of amides is 1. The van der Waals surface area contributed by atoms with E-state index in [0.717, 1.165) is 18.4 Å². The van der Waals surface area contributed by atoms with Gasteiger partial charge in [-0.1, -0.05) is 26.0 Å². The summed E-state index contributed by atoms with van der Waals surface area (Å²) in [6, 6.07) is 7.63. The molecule has 1 aromatic rings. The molecular weight excluding hydrogens is 276 g/mol. The Morgan fingerprint density at radius 2 is 2.00 bits per heavy atom. The summed E-state index contributed by atoms with van der Waals surface area (Å²) in [5.74, 6) is 0.568. The Hall–Kier alpha value is -1.26. The van der Waals surface area contributed by atoms with Crippen molar-refractivity contribution in [2.45, 2.75) is 39.2 Å². The summed E-state index contributed by atoms with van der Waals surface area (Å²) in [7, 11) is 0. The van der Waals surface area contributed by atoms with E-state index in [-0.39, 0.29) is 30.5 Å². The van der Waals surface area contributed by atoms with Gasteiger partial charge < -0.3 is 15.8 Å². The molecule has 0 aliphatic carbocycles. The summed E-state index contributed by atoms with van der Waals surface area (Å²) in [4.78, 5) is 11.7. The Balaban J connectivity index is 0.00000361. The molecule has 5 heteroatoms. The Morgan fingerprint density at radius 3 is 2.55 bits per heavy atom. The van der Waals surface area contributed by atoms with Crippen molar-refractivity contribution < 1.29 is 9.53 Å². The van der Waals surface area contributed by atoms with Gasteiger partial charge in [0, 0.05) is 12.1 Å². The molecule has 0 radical (unpaired) electrons. The fourth-order valence-electron chi connectivity index (χ4n) is 1.68. The largest absolute Gasteiger partial charge is 0.484 e. The highest BCUT2D eigenvalue weighted by Gasteiger charge is 2.20. The zero-order valence-electron chi connectivity index (χ0n) is 12.4. The molecule has 0 bridgehead atoms. The third-order valence-corrected chi connectivity index (χ3v) is 3.41. The maximum Gasteiger partial charge on any atom is 0.258 e. The Kier molecular flexibility index (Phi) is 8.26. The number of benzene rings is 1. The quantitative estimate of drug-likeness (QED) is 0.813. The van der Waals surface area contributed by atoms with Crippen LogP contribution in [-0.2, 0) is 4.79 Å². The molecule has 0 unspecified atom stereocenters. The van der Waals surface area contributed by atoms with Crippen LogP contribution in [0.3, 0.4) is 0 Å². The number of rotatable bonds is 7. The van der Waals surface area contributed by atoms with Gasteiger partial charge in [0.1, 0.15) is 5.75 Å². The average molecular weight is 301 g/mol. The number of nitrogens with two attached hydrogens (primary N) is 1. The van der Waals surface area contributed by atoms with E-state index in [1.807, 2.05) is 45.0 Å². The van der Waals surface area contributed by atoms with Crippen molar-refractivity contribution in [3.05, 3.63) is 29.8 Å². The molecule has 0 atom stereocenters. The van der Waals surface area contributed by atoms with Gasteiger partial charge in [-0.05, 0) is 37.5 Å². The lowest BCUT2D eigenvalue weighted by Gasteiger charge is -2.26. The second kappa shape index (κ2) is 8.82. The minimum absolute atomic E-state index is 0. The zero-order valence-corrected chi connectivity index (χ0v) is 13.3. The molecule has 1 aromatic carbocycles. The molecule has 0 spiro atoms. The fraction of sp³-hybridized carbons (Fsp3) is 0.533. The van der Waals surface area contributed by atoms with Crippen LogP contribution in [-0.4, -0.2) is 24.6 Å². The topological polar surface area (TPSA) is 64.3 Å². The molecule has 0 fully saturated rings. The molecule has 3 N–H and O–H groups in total. The van der Waals surface area contributed by atoms with Crippen molar-refractivity contribution in [3.8, 4) is 5.75 Å². The third kappa shape index (κ3) is 6.26. The Morgan fingerprint density at radius 1 is 1.35 bits per heavy atom. The lowest BCUT2D eigenvalue weighted by atomic mass is 9.94. The van der Waals surface area contributed by atoms with Crippen LogP contribution in [0.5, 0.6) is 5.75 Å². The van der Waals surface area contributed by atoms with Gasteiger partial charge in [0.2, 0.25) is 0 Å². The Labute approximate surface area is 127 Å². The average Bonchev–Trinajstić information content (AvgIpc) is 2.42. The summed E-state index contributed by atoms with van der Waals surface area (Å²) in [5, 5.41) is 2.82. The van der Waals surface area contributed by atoms with Crippen molar-refractivity contribution in [3.63, 3.8) is 0 Å². The monoisotopic (exact) mass is 300 g/mol. The minimum atomic E-state index is -0.320. The van der Waals surface area contributed by atoms with Crippen molar-refractivity contribution >= 4 is 18.3 Å². The number of hydrogen-bond donors (Lipinski definition) is 2. The highest BCUT2D eigenvalue weighted by molar-refractivity contribution is 5.85. The van der Waals surface area contributed by atoms with Crippen molar-refractivity contribution in [2.75, 3.05) is 13.2 Å². The molecule has 0 saturated heterocycles. The fourth-order valence-corrected chi connectivity index (χ4v) is 1.68. The van der Waals surface area contributed by atoms with Crippen LogP contribution in [0.25, 0.3) is 0 Å². The molecule has 114 valence electrons. The van der Waals surface area contributed by atoms with Crippen LogP contribution in [0.1, 0.15) is 32.3 Å². The van der Waals surface area contributed by atoms with Gasteiger partial charge in [-0.3, -0.25) is 4.79 Å². The van der Waals surface area contributed by atoms with Crippen LogP contribution in [0.4, 0.5) is 0 Å². The zero-order chi connectivity index (χ0) is 14.3. The second-order valence-electron chi connectivity index (χ2n) is 4.95. The van der Waals surface area contributed by atoms with Crippen LogP contribution in [0.15, 0.2) is 24.3 Å². The molecule has 20 heavy (non-hydrogen) atoms. The van der Waals surface area contributed by atoms with Crippen molar-refractivity contribution in [1.29, 1.82) is 0 Å². The second-order valence-corrected chi connectivity index (χ2v) is 4.95. The molecule has 4 nitrogen and oxygen atoms in total. The van der Waals surface area contributed by atoms with Gasteiger partial charge in [-0.15, -0.1) is 12.4 Å². The first-order chi connectivity index (χ1) is 8.99. The molecule has 0 aliphatic rings. The first-order valence-corrected chi connectivity index (χ1v) is 6.74. The van der Waals surface area contributed by atoms with E-state index in [0.29, 0.717) is 12.3 Å². The normalized spacial score (nSPS) is 10.6. The van der Waals surface area contributed by atoms with Crippen molar-refractivity contribution in [1.82, 2.24) is 5.32 Å². The van der Waals surface area contributed by atoms with Gasteiger partial charge in [0.15, 0.2) is 6.61 Å². The summed E-state index contributed by atoms with van der Waals surface area (Å²) in [6.45, 7) is 6.54. The molecule has 1 rings (SSSR count). The summed E-state index contributed by atoms with van der Waals surface area (Å²) in [6.07, 6.45) is 1.67. The Bertz CT molecular complexity index is 420. The smallest absolute Gasteiger partial charge is 0.258 e. The van der Waals surface area contributed by atoms with Gasteiger partial charge in [-0.25, -0.2) is 0 Å².